The zero-order chi connectivity index (χ0) is 32.1. The first-order chi connectivity index (χ1) is 20.2. The summed E-state index contributed by atoms with van der Waals surface area (Å²) in [6.45, 7) is 15.5. The normalized spacial score (nSPS) is 19.0. The summed E-state index contributed by atoms with van der Waals surface area (Å²) in [7, 11) is -2.81. The fraction of sp³-hybridized carbons (Fsp3) is 0.833. The zero-order valence-electron chi connectivity index (χ0n) is 28.5. The minimum absolute atomic E-state index is 0.0368. The van der Waals surface area contributed by atoms with Crippen molar-refractivity contribution >= 4 is 8.25 Å². The van der Waals surface area contributed by atoms with Gasteiger partial charge in [-0.1, -0.05) is 119 Å². The molecule has 4 nitrogen and oxygen atoms in total. The van der Waals surface area contributed by atoms with E-state index in [2.05, 4.69) is 48.5 Å². The summed E-state index contributed by atoms with van der Waals surface area (Å²) in [4.78, 5) is 8.71. The molecule has 1 fully saturated rings. The van der Waals surface area contributed by atoms with Crippen LogP contribution in [0.3, 0.4) is 0 Å². The Labute approximate surface area is 263 Å². The lowest BCUT2D eigenvalue weighted by Crippen LogP contribution is -2.57. The van der Waals surface area contributed by atoms with Gasteiger partial charge >= 0.3 is 8.25 Å². The van der Waals surface area contributed by atoms with Crippen molar-refractivity contribution in [2.24, 2.45) is 16.7 Å². The lowest BCUT2D eigenvalue weighted by molar-refractivity contribution is -0.123. The third-order valence-corrected chi connectivity index (χ3v) is 10.4. The smallest absolute Gasteiger partial charge is 0.316 e. The van der Waals surface area contributed by atoms with Crippen molar-refractivity contribution in [1.82, 2.24) is 0 Å². The molecule has 1 saturated carbocycles. The highest BCUT2D eigenvalue weighted by Crippen LogP contribution is 2.51. The minimum atomic E-state index is -2.81. The monoisotopic (exact) mass is 628 g/mol. The van der Waals surface area contributed by atoms with Gasteiger partial charge in [-0.3, -0.25) is 4.57 Å². The first-order valence-corrected chi connectivity index (χ1v) is 18.5. The van der Waals surface area contributed by atoms with Crippen LogP contribution in [0, 0.1) is 28.4 Å². The van der Waals surface area contributed by atoms with Gasteiger partial charge < -0.3 is 14.2 Å². The molecule has 1 aromatic rings. The number of rotatable bonds is 19. The van der Waals surface area contributed by atoms with Crippen LogP contribution >= 0.6 is 8.25 Å². The molecular formula is C36H63F2O4P. The van der Waals surface area contributed by atoms with Gasteiger partial charge in [-0.25, -0.2) is 4.39 Å². The third-order valence-electron chi connectivity index (χ3n) is 9.94. The molecule has 2 rings (SSSR count). The van der Waals surface area contributed by atoms with Gasteiger partial charge in [0.15, 0.2) is 11.6 Å². The van der Waals surface area contributed by atoms with Gasteiger partial charge in [0, 0.05) is 10.8 Å². The maximum atomic E-state index is 15.8. The van der Waals surface area contributed by atoms with E-state index in [1.165, 1.54) is 25.7 Å². The van der Waals surface area contributed by atoms with E-state index < -0.39 is 25.5 Å². The molecule has 1 unspecified atom stereocenters. The second-order valence-corrected chi connectivity index (χ2v) is 15.9. The standard InChI is InChI=1S/C36H63F2O4P/c1-8-9-16-19-28-20-22-29(23-21-28)30-24-25-31(33(38)32(30)37)42-36(34(2,3)4,35(5,6)7)26-17-14-12-10-11-13-15-18-27-41-43(39)40/h24-25,28-29,43H,8-23,26-27H2,1-7H3,(H,39,40). The zero-order valence-corrected chi connectivity index (χ0v) is 29.5. The second kappa shape index (κ2) is 18.2. The van der Waals surface area contributed by atoms with Crippen LogP contribution in [0.5, 0.6) is 5.75 Å². The predicted octanol–water partition coefficient (Wildman–Crippen LogP) is 11.9. The van der Waals surface area contributed by atoms with Crippen LogP contribution in [0.15, 0.2) is 12.1 Å². The molecule has 0 radical (unpaired) electrons. The highest BCUT2D eigenvalue weighted by molar-refractivity contribution is 7.32. The van der Waals surface area contributed by atoms with E-state index in [0.29, 0.717) is 12.2 Å². The van der Waals surface area contributed by atoms with Crippen molar-refractivity contribution in [3.8, 4) is 5.75 Å². The van der Waals surface area contributed by atoms with Crippen molar-refractivity contribution < 1.29 is 27.5 Å². The molecule has 1 atom stereocenters. The van der Waals surface area contributed by atoms with Crippen LogP contribution in [0.1, 0.15) is 169 Å². The number of ether oxygens (including phenoxy) is 1. The summed E-state index contributed by atoms with van der Waals surface area (Å²) in [6.07, 6.45) is 18.2. The molecule has 1 N–H and O–H groups in total. The summed E-state index contributed by atoms with van der Waals surface area (Å²) < 4.78 is 53.4. The van der Waals surface area contributed by atoms with Gasteiger partial charge in [0.05, 0.1) is 6.61 Å². The Hall–Kier alpha value is -0.970. The van der Waals surface area contributed by atoms with Crippen LogP contribution in [-0.4, -0.2) is 17.1 Å². The van der Waals surface area contributed by atoms with Crippen molar-refractivity contribution in [2.45, 2.75) is 169 Å². The third kappa shape index (κ3) is 11.7. The van der Waals surface area contributed by atoms with E-state index in [4.69, 9.17) is 14.2 Å². The first kappa shape index (κ1) is 38.2. The second-order valence-electron chi connectivity index (χ2n) is 15.1. The average Bonchev–Trinajstić information content (AvgIpc) is 2.92. The van der Waals surface area contributed by atoms with Gasteiger partial charge in [0.1, 0.15) is 5.60 Å². The Bertz CT molecular complexity index is 947. The Morgan fingerprint density at radius 1 is 0.791 bits per heavy atom. The number of halogens is 2. The summed E-state index contributed by atoms with van der Waals surface area (Å²) >= 11 is 0. The van der Waals surface area contributed by atoms with Crippen LogP contribution in [-0.2, 0) is 9.09 Å². The summed E-state index contributed by atoms with van der Waals surface area (Å²) in [5.41, 5.74) is -0.763. The summed E-state index contributed by atoms with van der Waals surface area (Å²) in [5.74, 6) is -0.709. The molecule has 1 aromatic carbocycles. The van der Waals surface area contributed by atoms with Crippen LogP contribution in [0.25, 0.3) is 0 Å². The molecule has 0 saturated heterocycles. The largest absolute Gasteiger partial charge is 0.483 e. The number of benzene rings is 1. The number of hydrogen-bond acceptors (Lipinski definition) is 3. The summed E-state index contributed by atoms with van der Waals surface area (Å²) in [5, 5.41) is 0. The van der Waals surface area contributed by atoms with Crippen molar-refractivity contribution in [3.63, 3.8) is 0 Å². The highest BCUT2D eigenvalue weighted by Gasteiger charge is 2.53. The average molecular weight is 629 g/mol. The topological polar surface area (TPSA) is 55.8 Å². The first-order valence-electron chi connectivity index (χ1n) is 17.3. The van der Waals surface area contributed by atoms with Crippen LogP contribution in [0.2, 0.25) is 0 Å². The molecule has 1 aliphatic rings. The lowest BCUT2D eigenvalue weighted by Gasteiger charge is -2.53. The van der Waals surface area contributed by atoms with Gasteiger partial charge in [0.25, 0.3) is 0 Å². The molecule has 0 bridgehead atoms. The molecule has 0 aliphatic heterocycles. The molecule has 1 aliphatic carbocycles. The molecule has 43 heavy (non-hydrogen) atoms. The fourth-order valence-electron chi connectivity index (χ4n) is 7.50. The van der Waals surface area contributed by atoms with E-state index in [1.54, 1.807) is 12.1 Å². The summed E-state index contributed by atoms with van der Waals surface area (Å²) in [6, 6.07) is 3.49. The van der Waals surface area contributed by atoms with E-state index >= 15 is 8.78 Å². The van der Waals surface area contributed by atoms with Crippen LogP contribution < -0.4 is 4.74 Å². The molecule has 0 heterocycles. The van der Waals surface area contributed by atoms with Gasteiger partial charge in [0.2, 0.25) is 5.82 Å². The number of unbranched alkanes of at least 4 members (excludes halogenated alkanes) is 9. The maximum Gasteiger partial charge on any atom is 0.316 e. The van der Waals surface area contributed by atoms with E-state index in [9.17, 15) is 4.57 Å². The quantitative estimate of drug-likeness (QED) is 0.122. The molecule has 250 valence electrons. The van der Waals surface area contributed by atoms with Gasteiger partial charge in [-0.05, 0) is 68.4 Å². The number of hydrogen-bond donors (Lipinski definition) is 1. The molecule has 7 heteroatoms. The van der Waals surface area contributed by atoms with Crippen molar-refractivity contribution in [2.75, 3.05) is 6.61 Å². The Kier molecular flexibility index (Phi) is 16.2. The minimum Gasteiger partial charge on any atom is -0.483 e. The van der Waals surface area contributed by atoms with Crippen molar-refractivity contribution in [3.05, 3.63) is 29.3 Å². The SMILES string of the molecule is CCCCCC1CCC(c2ccc(OC(CCCCCCCCCCO[PH](=O)O)(C(C)(C)C)C(C)(C)C)c(F)c2F)CC1. The predicted molar refractivity (Wildman–Crippen MR) is 176 cm³/mol. The van der Waals surface area contributed by atoms with Crippen LogP contribution in [0.4, 0.5) is 8.78 Å². The molecule has 0 amide bonds. The Morgan fingerprint density at radius 2 is 1.35 bits per heavy atom. The van der Waals surface area contributed by atoms with Crippen molar-refractivity contribution in [1.29, 1.82) is 0 Å². The van der Waals surface area contributed by atoms with E-state index in [0.717, 1.165) is 89.4 Å². The Balaban J connectivity index is 2.01. The van der Waals surface area contributed by atoms with E-state index in [-0.39, 0.29) is 22.5 Å². The lowest BCUT2D eigenvalue weighted by atomic mass is 9.60. The fourth-order valence-corrected chi connectivity index (χ4v) is 7.82. The van der Waals surface area contributed by atoms with Gasteiger partial charge in [-0.15, -0.1) is 0 Å². The van der Waals surface area contributed by atoms with Gasteiger partial charge in [-0.2, -0.15) is 4.39 Å². The van der Waals surface area contributed by atoms with E-state index in [1.807, 2.05) is 0 Å². The molecule has 0 spiro atoms. The highest BCUT2D eigenvalue weighted by atomic mass is 31.1. The molecule has 0 aromatic heterocycles. The molecular weight excluding hydrogens is 565 g/mol. The maximum absolute atomic E-state index is 15.8. The Morgan fingerprint density at radius 3 is 1.88 bits per heavy atom.